The Morgan fingerprint density at radius 3 is 2.81 bits per heavy atom. The van der Waals surface area contributed by atoms with Crippen molar-refractivity contribution in [2.24, 2.45) is 11.8 Å². The predicted octanol–water partition coefficient (Wildman–Crippen LogP) is 4.00. The van der Waals surface area contributed by atoms with Crippen LogP contribution in [0.5, 0.6) is 0 Å². The number of halogens is 1. The molecule has 0 unspecified atom stereocenters. The first-order valence-electron chi connectivity index (χ1n) is 7.64. The Hall–Kier alpha value is -1.32. The molecule has 2 bridgehead atoms. The summed E-state index contributed by atoms with van der Waals surface area (Å²) in [6, 6.07) is 7.27. The van der Waals surface area contributed by atoms with Crippen LogP contribution in [0.4, 0.5) is 0 Å². The number of hydrogen-bond acceptors (Lipinski definition) is 3. The fraction of sp³-hybridized carbons (Fsp3) is 0.471. The zero-order chi connectivity index (χ0) is 14.4. The third kappa shape index (κ3) is 2.49. The number of Topliss-reactive ketones (excluding diaryl/α,β-unsaturated/α-hetero) is 1. The lowest BCUT2D eigenvalue weighted by Crippen LogP contribution is -2.47. The van der Waals surface area contributed by atoms with E-state index >= 15 is 0 Å². The van der Waals surface area contributed by atoms with Gasteiger partial charge >= 0.3 is 0 Å². The number of rotatable bonds is 3. The minimum Gasteiger partial charge on any atom is -0.453 e. The van der Waals surface area contributed by atoms with E-state index in [4.69, 9.17) is 16.0 Å². The maximum atomic E-state index is 12.5. The zero-order valence-electron chi connectivity index (χ0n) is 11.8. The Labute approximate surface area is 128 Å². The topological polar surface area (TPSA) is 33.5 Å². The first-order valence-corrected chi connectivity index (χ1v) is 8.01. The van der Waals surface area contributed by atoms with E-state index in [9.17, 15) is 4.79 Å². The molecule has 0 saturated carbocycles. The van der Waals surface area contributed by atoms with E-state index in [2.05, 4.69) is 4.90 Å². The van der Waals surface area contributed by atoms with Crippen molar-refractivity contribution in [2.45, 2.75) is 19.3 Å². The summed E-state index contributed by atoms with van der Waals surface area (Å²) in [4.78, 5) is 15.0. The smallest absolute Gasteiger partial charge is 0.198 e. The molecule has 5 rings (SSSR count). The van der Waals surface area contributed by atoms with Gasteiger partial charge in [-0.3, -0.25) is 4.79 Å². The molecule has 4 heteroatoms. The Kier molecular flexibility index (Phi) is 3.27. The lowest BCUT2D eigenvalue weighted by atomic mass is 9.76. The zero-order valence-corrected chi connectivity index (χ0v) is 12.6. The van der Waals surface area contributed by atoms with E-state index in [0.717, 1.165) is 23.4 Å². The average molecular weight is 304 g/mol. The summed E-state index contributed by atoms with van der Waals surface area (Å²) < 4.78 is 5.68. The van der Waals surface area contributed by atoms with Crippen LogP contribution >= 0.6 is 11.6 Å². The first kappa shape index (κ1) is 13.4. The van der Waals surface area contributed by atoms with Crippen molar-refractivity contribution in [2.75, 3.05) is 19.6 Å². The number of fused-ring (bicyclic) bond motifs is 4. The quantitative estimate of drug-likeness (QED) is 0.804. The van der Waals surface area contributed by atoms with Crippen molar-refractivity contribution in [1.82, 2.24) is 4.90 Å². The van der Waals surface area contributed by atoms with Crippen LogP contribution in [0.3, 0.4) is 0 Å². The normalized spacial score (nSPS) is 28.1. The van der Waals surface area contributed by atoms with Crippen LogP contribution in [0, 0.1) is 11.8 Å². The maximum absolute atomic E-state index is 12.5. The molecule has 3 fully saturated rings. The van der Waals surface area contributed by atoms with Crippen LogP contribution in [0.2, 0.25) is 5.02 Å². The van der Waals surface area contributed by atoms with E-state index in [1.54, 1.807) is 6.07 Å². The predicted molar refractivity (Wildman–Crippen MR) is 82.8 cm³/mol. The molecule has 3 nitrogen and oxygen atoms in total. The van der Waals surface area contributed by atoms with Crippen LogP contribution in [0.15, 0.2) is 28.7 Å². The highest BCUT2D eigenvalue weighted by atomic mass is 35.5. The highest BCUT2D eigenvalue weighted by Crippen LogP contribution is 2.35. The van der Waals surface area contributed by atoms with E-state index in [1.807, 2.05) is 18.2 Å². The third-order valence-corrected chi connectivity index (χ3v) is 5.23. The molecule has 2 aromatic rings. The van der Waals surface area contributed by atoms with E-state index in [0.29, 0.717) is 23.1 Å². The molecule has 0 spiro atoms. The largest absolute Gasteiger partial charge is 0.453 e. The maximum Gasteiger partial charge on any atom is 0.198 e. The molecular formula is C17H18ClNO2. The van der Waals surface area contributed by atoms with Gasteiger partial charge in [0.25, 0.3) is 0 Å². The Bertz CT molecular complexity index is 685. The average Bonchev–Trinajstić information content (AvgIpc) is 2.91. The summed E-state index contributed by atoms with van der Waals surface area (Å²) in [7, 11) is 0. The minimum absolute atomic E-state index is 0.126. The van der Waals surface area contributed by atoms with Gasteiger partial charge < -0.3 is 9.32 Å². The molecule has 0 N–H and O–H groups in total. The highest BCUT2D eigenvalue weighted by molar-refractivity contribution is 6.31. The number of ketones is 1. The number of carbonyl (C=O) groups is 1. The van der Waals surface area contributed by atoms with Crippen molar-refractivity contribution in [1.29, 1.82) is 0 Å². The molecule has 3 aliphatic heterocycles. The van der Waals surface area contributed by atoms with Crippen molar-refractivity contribution >= 4 is 28.4 Å². The number of benzene rings is 1. The summed E-state index contributed by atoms with van der Waals surface area (Å²) in [5.41, 5.74) is 0.733. The Balaban J connectivity index is 1.53. The van der Waals surface area contributed by atoms with Gasteiger partial charge in [0.2, 0.25) is 0 Å². The van der Waals surface area contributed by atoms with Crippen LogP contribution < -0.4 is 0 Å². The van der Waals surface area contributed by atoms with Crippen molar-refractivity contribution in [3.05, 3.63) is 35.0 Å². The summed E-state index contributed by atoms with van der Waals surface area (Å²) in [5.74, 6) is 1.82. The standard InChI is InChI=1S/C17H18ClNO2/c18-14-1-2-16-12(7-14)9-17(21-16)15(20)8-13-10-19-5-3-11(13)4-6-19/h1-2,7,9,11,13H,3-6,8,10H2/t13-/m1/s1. The molecule has 3 saturated heterocycles. The lowest BCUT2D eigenvalue weighted by molar-refractivity contribution is 0.0433. The summed E-state index contributed by atoms with van der Waals surface area (Å²) in [6.07, 6.45) is 3.09. The molecule has 110 valence electrons. The van der Waals surface area contributed by atoms with Crippen LogP contribution in [-0.4, -0.2) is 30.3 Å². The van der Waals surface area contributed by atoms with Crippen LogP contribution in [0.25, 0.3) is 11.0 Å². The third-order valence-electron chi connectivity index (χ3n) is 4.99. The second-order valence-corrected chi connectivity index (χ2v) is 6.75. The first-order chi connectivity index (χ1) is 10.2. The molecule has 1 aromatic heterocycles. The lowest BCUT2D eigenvalue weighted by Gasteiger charge is -2.44. The van der Waals surface area contributed by atoms with Crippen molar-refractivity contribution in [3.63, 3.8) is 0 Å². The minimum atomic E-state index is 0.126. The van der Waals surface area contributed by atoms with Gasteiger partial charge in [0, 0.05) is 23.4 Å². The van der Waals surface area contributed by atoms with Gasteiger partial charge in [-0.2, -0.15) is 0 Å². The monoisotopic (exact) mass is 303 g/mol. The molecular weight excluding hydrogens is 286 g/mol. The van der Waals surface area contributed by atoms with Crippen molar-refractivity contribution < 1.29 is 9.21 Å². The van der Waals surface area contributed by atoms with Gasteiger partial charge in [0.15, 0.2) is 11.5 Å². The van der Waals surface area contributed by atoms with Crippen LogP contribution in [0.1, 0.15) is 29.8 Å². The SMILES string of the molecule is O=C(C[C@@H]1CN2CCC1CC2)c1cc2cc(Cl)ccc2o1. The Morgan fingerprint density at radius 1 is 1.29 bits per heavy atom. The fourth-order valence-electron chi connectivity index (χ4n) is 3.81. The molecule has 3 aliphatic rings. The molecule has 0 amide bonds. The Morgan fingerprint density at radius 2 is 2.10 bits per heavy atom. The van der Waals surface area contributed by atoms with Crippen molar-refractivity contribution in [3.8, 4) is 0 Å². The molecule has 0 aliphatic carbocycles. The van der Waals surface area contributed by atoms with E-state index in [1.165, 1.54) is 25.9 Å². The summed E-state index contributed by atoms with van der Waals surface area (Å²) in [6.45, 7) is 3.49. The molecule has 1 atom stereocenters. The van der Waals surface area contributed by atoms with Gasteiger partial charge in [-0.25, -0.2) is 0 Å². The number of hydrogen-bond donors (Lipinski definition) is 0. The van der Waals surface area contributed by atoms with Gasteiger partial charge in [0.05, 0.1) is 0 Å². The molecule has 0 radical (unpaired) electrons. The summed E-state index contributed by atoms with van der Waals surface area (Å²) >= 11 is 5.97. The summed E-state index contributed by atoms with van der Waals surface area (Å²) in [5, 5.41) is 1.57. The number of carbonyl (C=O) groups excluding carboxylic acids is 1. The second kappa shape index (κ2) is 5.15. The number of piperidine rings is 3. The fourth-order valence-corrected chi connectivity index (χ4v) is 3.99. The van der Waals surface area contributed by atoms with Gasteiger partial charge in [-0.1, -0.05) is 11.6 Å². The van der Waals surface area contributed by atoms with Gasteiger partial charge in [0.1, 0.15) is 5.58 Å². The van der Waals surface area contributed by atoms with Gasteiger partial charge in [-0.05, 0) is 62.0 Å². The van der Waals surface area contributed by atoms with E-state index < -0.39 is 0 Å². The van der Waals surface area contributed by atoms with Gasteiger partial charge in [-0.15, -0.1) is 0 Å². The number of nitrogens with zero attached hydrogens (tertiary/aromatic N) is 1. The molecule has 4 heterocycles. The van der Waals surface area contributed by atoms with E-state index in [-0.39, 0.29) is 5.78 Å². The van der Waals surface area contributed by atoms with Crippen LogP contribution in [-0.2, 0) is 0 Å². The number of furan rings is 1. The highest BCUT2D eigenvalue weighted by Gasteiger charge is 2.35. The second-order valence-electron chi connectivity index (χ2n) is 6.32. The molecule has 1 aromatic carbocycles. The molecule has 21 heavy (non-hydrogen) atoms.